The van der Waals surface area contributed by atoms with E-state index in [1.807, 2.05) is 29.2 Å². The van der Waals surface area contributed by atoms with Crippen LogP contribution in [-0.4, -0.2) is 54.8 Å². The van der Waals surface area contributed by atoms with Gasteiger partial charge in [0.25, 0.3) is 5.91 Å². The molecule has 0 bridgehead atoms. The Balaban J connectivity index is 1.46. The third kappa shape index (κ3) is 4.84. The lowest BCUT2D eigenvalue weighted by molar-refractivity contribution is -0.135. The number of carbonyl (C=O) groups excluding carboxylic acids is 2. The van der Waals surface area contributed by atoms with E-state index < -0.39 is 0 Å². The van der Waals surface area contributed by atoms with E-state index in [9.17, 15) is 9.59 Å². The van der Waals surface area contributed by atoms with Crippen molar-refractivity contribution in [2.75, 3.05) is 32.8 Å². The van der Waals surface area contributed by atoms with Crippen LogP contribution in [0.4, 0.5) is 0 Å². The van der Waals surface area contributed by atoms with Crippen LogP contribution in [0.25, 0.3) is 0 Å². The van der Waals surface area contributed by atoms with Crippen LogP contribution in [0.15, 0.2) is 48.5 Å². The number of hydrogen-bond acceptors (Lipinski definition) is 4. The lowest BCUT2D eigenvalue weighted by Gasteiger charge is -2.34. The molecule has 1 amide bonds. The van der Waals surface area contributed by atoms with Gasteiger partial charge in [-0.2, -0.15) is 0 Å². The van der Waals surface area contributed by atoms with Crippen LogP contribution in [0.5, 0.6) is 5.75 Å². The molecule has 26 heavy (non-hydrogen) atoms. The van der Waals surface area contributed by atoms with Gasteiger partial charge >= 0.3 is 0 Å². The Morgan fingerprint density at radius 3 is 2.42 bits per heavy atom. The molecule has 2 aromatic rings. The van der Waals surface area contributed by atoms with Gasteiger partial charge < -0.3 is 9.64 Å². The standard InChI is InChI=1S/C20H21ClN2O3/c21-18-7-5-16(6-8-18)13-22-9-11-23(12-10-22)20(25)15-26-19-4-2-1-3-17(19)14-24/h1-8,14H,9-13,15H2. The van der Waals surface area contributed by atoms with Crippen LogP contribution in [-0.2, 0) is 11.3 Å². The highest BCUT2D eigenvalue weighted by Gasteiger charge is 2.21. The normalized spacial score (nSPS) is 14.9. The molecule has 0 aromatic heterocycles. The van der Waals surface area contributed by atoms with E-state index in [0.29, 0.717) is 24.4 Å². The van der Waals surface area contributed by atoms with Crippen LogP contribution in [0, 0.1) is 0 Å². The number of hydrogen-bond donors (Lipinski definition) is 0. The van der Waals surface area contributed by atoms with Crippen molar-refractivity contribution in [3.05, 3.63) is 64.7 Å². The van der Waals surface area contributed by atoms with Gasteiger partial charge in [0.15, 0.2) is 12.9 Å². The molecule has 136 valence electrons. The van der Waals surface area contributed by atoms with Crippen LogP contribution >= 0.6 is 11.6 Å². The van der Waals surface area contributed by atoms with Gasteiger partial charge in [0.05, 0.1) is 5.56 Å². The predicted molar refractivity (Wildman–Crippen MR) is 101 cm³/mol. The van der Waals surface area contributed by atoms with E-state index >= 15 is 0 Å². The lowest BCUT2D eigenvalue weighted by atomic mass is 10.2. The van der Waals surface area contributed by atoms with E-state index in [2.05, 4.69) is 4.90 Å². The minimum atomic E-state index is -0.0585. The molecule has 0 unspecified atom stereocenters. The molecular formula is C20H21ClN2O3. The first-order chi connectivity index (χ1) is 12.7. The fraction of sp³-hybridized carbons (Fsp3) is 0.300. The van der Waals surface area contributed by atoms with E-state index in [1.165, 1.54) is 5.56 Å². The Labute approximate surface area is 158 Å². The number of piperazine rings is 1. The highest BCUT2D eigenvalue weighted by Crippen LogP contribution is 2.16. The number of aldehydes is 1. The highest BCUT2D eigenvalue weighted by atomic mass is 35.5. The van der Waals surface area contributed by atoms with Gasteiger partial charge in [-0.25, -0.2) is 0 Å². The van der Waals surface area contributed by atoms with Gasteiger partial charge in [0.1, 0.15) is 5.75 Å². The molecule has 5 nitrogen and oxygen atoms in total. The average molecular weight is 373 g/mol. The molecule has 2 aromatic carbocycles. The number of benzene rings is 2. The second-order valence-electron chi connectivity index (χ2n) is 6.23. The first-order valence-electron chi connectivity index (χ1n) is 8.57. The van der Waals surface area contributed by atoms with Gasteiger partial charge in [-0.05, 0) is 29.8 Å². The molecule has 1 aliphatic rings. The van der Waals surface area contributed by atoms with Gasteiger partial charge in [0, 0.05) is 37.7 Å². The second kappa shape index (κ2) is 8.83. The number of nitrogens with zero attached hydrogens (tertiary/aromatic N) is 2. The Morgan fingerprint density at radius 2 is 1.73 bits per heavy atom. The van der Waals surface area contributed by atoms with Gasteiger partial charge in [0.2, 0.25) is 0 Å². The van der Waals surface area contributed by atoms with Crippen LogP contribution < -0.4 is 4.74 Å². The van der Waals surface area contributed by atoms with E-state index in [1.54, 1.807) is 24.3 Å². The third-order valence-electron chi connectivity index (χ3n) is 4.44. The molecule has 0 N–H and O–H groups in total. The van der Waals surface area contributed by atoms with E-state index in [4.69, 9.17) is 16.3 Å². The third-order valence-corrected chi connectivity index (χ3v) is 4.69. The highest BCUT2D eigenvalue weighted by molar-refractivity contribution is 6.30. The van der Waals surface area contributed by atoms with Crippen LogP contribution in [0.3, 0.4) is 0 Å². The Bertz CT molecular complexity index is 756. The summed E-state index contributed by atoms with van der Waals surface area (Å²) >= 11 is 5.91. The van der Waals surface area contributed by atoms with E-state index in [0.717, 1.165) is 30.9 Å². The van der Waals surface area contributed by atoms with Crippen molar-refractivity contribution in [1.82, 2.24) is 9.80 Å². The summed E-state index contributed by atoms with van der Waals surface area (Å²) in [6.07, 6.45) is 0.731. The zero-order chi connectivity index (χ0) is 18.4. The molecule has 0 radical (unpaired) electrons. The molecule has 0 saturated carbocycles. The Hall–Kier alpha value is -2.37. The second-order valence-corrected chi connectivity index (χ2v) is 6.66. The molecule has 1 fully saturated rings. The summed E-state index contributed by atoms with van der Waals surface area (Å²) in [7, 11) is 0. The smallest absolute Gasteiger partial charge is 0.260 e. The largest absolute Gasteiger partial charge is 0.483 e. The summed E-state index contributed by atoms with van der Waals surface area (Å²) in [5.41, 5.74) is 1.66. The molecule has 3 rings (SSSR count). The topological polar surface area (TPSA) is 49.9 Å². The first-order valence-corrected chi connectivity index (χ1v) is 8.95. The average Bonchev–Trinajstić information content (AvgIpc) is 2.68. The molecule has 0 spiro atoms. The number of para-hydroxylation sites is 1. The zero-order valence-electron chi connectivity index (χ0n) is 14.4. The summed E-state index contributed by atoms with van der Waals surface area (Å²) < 4.78 is 5.53. The maximum absolute atomic E-state index is 12.4. The summed E-state index contributed by atoms with van der Waals surface area (Å²) in [5.74, 6) is 0.383. The lowest BCUT2D eigenvalue weighted by Crippen LogP contribution is -2.49. The van der Waals surface area contributed by atoms with Crippen molar-refractivity contribution in [2.24, 2.45) is 0 Å². The number of ether oxygens (including phenoxy) is 1. The fourth-order valence-electron chi connectivity index (χ4n) is 2.94. The minimum Gasteiger partial charge on any atom is -0.483 e. The Morgan fingerprint density at radius 1 is 1.04 bits per heavy atom. The molecule has 0 aliphatic carbocycles. The molecule has 1 saturated heterocycles. The molecular weight excluding hydrogens is 352 g/mol. The molecule has 6 heteroatoms. The van der Waals surface area contributed by atoms with Crippen molar-refractivity contribution >= 4 is 23.8 Å². The van der Waals surface area contributed by atoms with Gasteiger partial charge in [-0.15, -0.1) is 0 Å². The molecule has 0 atom stereocenters. The van der Waals surface area contributed by atoms with Crippen LogP contribution in [0.2, 0.25) is 5.02 Å². The number of carbonyl (C=O) groups is 2. The summed E-state index contributed by atoms with van der Waals surface area (Å²) in [6.45, 7) is 3.78. The van der Waals surface area contributed by atoms with Gasteiger partial charge in [-0.1, -0.05) is 35.9 Å². The monoisotopic (exact) mass is 372 g/mol. The first kappa shape index (κ1) is 18.4. The quantitative estimate of drug-likeness (QED) is 0.732. The van der Waals surface area contributed by atoms with Crippen molar-refractivity contribution in [3.63, 3.8) is 0 Å². The summed E-state index contributed by atoms with van der Waals surface area (Å²) in [5, 5.41) is 0.736. The maximum Gasteiger partial charge on any atom is 0.260 e. The minimum absolute atomic E-state index is 0.0535. The summed E-state index contributed by atoms with van der Waals surface area (Å²) in [4.78, 5) is 27.5. The number of halogens is 1. The molecule has 1 heterocycles. The van der Waals surface area contributed by atoms with Crippen molar-refractivity contribution in [3.8, 4) is 5.75 Å². The summed E-state index contributed by atoms with van der Waals surface area (Å²) in [6, 6.07) is 14.7. The van der Waals surface area contributed by atoms with Crippen LogP contribution in [0.1, 0.15) is 15.9 Å². The van der Waals surface area contributed by atoms with E-state index in [-0.39, 0.29) is 12.5 Å². The SMILES string of the molecule is O=Cc1ccccc1OCC(=O)N1CCN(Cc2ccc(Cl)cc2)CC1. The zero-order valence-corrected chi connectivity index (χ0v) is 15.2. The molecule has 1 aliphatic heterocycles. The Kier molecular flexibility index (Phi) is 6.26. The number of rotatable bonds is 6. The number of amides is 1. The van der Waals surface area contributed by atoms with Gasteiger partial charge in [-0.3, -0.25) is 14.5 Å². The fourth-order valence-corrected chi connectivity index (χ4v) is 3.07. The van der Waals surface area contributed by atoms with Crippen molar-refractivity contribution < 1.29 is 14.3 Å². The predicted octanol–water partition coefficient (Wildman–Crippen LogP) is 2.88. The maximum atomic E-state index is 12.4. The van der Waals surface area contributed by atoms with Crippen molar-refractivity contribution in [1.29, 1.82) is 0 Å². The van der Waals surface area contributed by atoms with Crippen molar-refractivity contribution in [2.45, 2.75) is 6.54 Å².